The van der Waals surface area contributed by atoms with Crippen LogP contribution in [0.4, 0.5) is 0 Å². The lowest BCUT2D eigenvalue weighted by Gasteiger charge is -2.46. The van der Waals surface area contributed by atoms with Gasteiger partial charge in [0, 0.05) is 23.3 Å². The minimum atomic E-state index is -0.574. The molecular formula is C18H16N2O3. The topological polar surface area (TPSA) is 49.9 Å². The number of amides is 2. The molecule has 0 spiro atoms. The molecule has 0 N–H and O–H groups in total. The lowest BCUT2D eigenvalue weighted by atomic mass is 9.97. The van der Waals surface area contributed by atoms with Gasteiger partial charge in [0.05, 0.1) is 6.54 Å². The van der Waals surface area contributed by atoms with Gasteiger partial charge >= 0.3 is 0 Å². The number of fused-ring (bicyclic) bond motifs is 3. The summed E-state index contributed by atoms with van der Waals surface area (Å²) in [7, 11) is 0. The van der Waals surface area contributed by atoms with E-state index < -0.39 is 6.23 Å². The molecule has 0 aromatic heterocycles. The Labute approximate surface area is 134 Å². The second-order valence-corrected chi connectivity index (χ2v) is 5.56. The monoisotopic (exact) mass is 308 g/mol. The minimum Gasteiger partial charge on any atom is -0.352 e. The number of rotatable bonds is 2. The van der Waals surface area contributed by atoms with E-state index in [1.54, 1.807) is 12.1 Å². The molecule has 23 heavy (non-hydrogen) atoms. The molecule has 2 aromatic carbocycles. The van der Waals surface area contributed by atoms with Crippen molar-refractivity contribution in [3.63, 3.8) is 0 Å². The molecule has 1 unspecified atom stereocenters. The second kappa shape index (κ2) is 5.21. The van der Waals surface area contributed by atoms with E-state index in [2.05, 4.69) is 0 Å². The highest BCUT2D eigenvalue weighted by Crippen LogP contribution is 2.38. The number of benzene rings is 2. The molecule has 0 radical (unpaired) electrons. The Kier molecular flexibility index (Phi) is 3.16. The van der Waals surface area contributed by atoms with Crippen molar-refractivity contribution in [1.29, 1.82) is 0 Å². The number of hydrazine groups is 1. The molecule has 2 aliphatic heterocycles. The number of carbonyl (C=O) groups is 2. The number of hydrogen-bond donors (Lipinski definition) is 0. The summed E-state index contributed by atoms with van der Waals surface area (Å²) < 4.78 is 5.82. The van der Waals surface area contributed by atoms with Crippen molar-refractivity contribution in [3.05, 3.63) is 70.8 Å². The van der Waals surface area contributed by atoms with Gasteiger partial charge in [-0.1, -0.05) is 36.4 Å². The Morgan fingerprint density at radius 3 is 2.48 bits per heavy atom. The molecule has 116 valence electrons. The van der Waals surface area contributed by atoms with Crippen molar-refractivity contribution < 1.29 is 14.3 Å². The molecule has 2 amide bonds. The predicted molar refractivity (Wildman–Crippen MR) is 83.3 cm³/mol. The van der Waals surface area contributed by atoms with E-state index in [-0.39, 0.29) is 11.8 Å². The maximum Gasteiger partial charge on any atom is 0.275 e. The van der Waals surface area contributed by atoms with Crippen LogP contribution >= 0.6 is 0 Å². The smallest absolute Gasteiger partial charge is 0.275 e. The fourth-order valence-electron chi connectivity index (χ4n) is 3.24. The lowest BCUT2D eigenvalue weighted by Crippen LogP contribution is -2.57. The molecule has 0 fully saturated rings. The van der Waals surface area contributed by atoms with E-state index in [4.69, 9.17) is 4.74 Å². The number of hydrogen-bond acceptors (Lipinski definition) is 3. The minimum absolute atomic E-state index is 0.167. The van der Waals surface area contributed by atoms with E-state index in [9.17, 15) is 9.59 Å². The Morgan fingerprint density at radius 2 is 1.70 bits per heavy atom. The first kappa shape index (κ1) is 14.0. The lowest BCUT2D eigenvalue weighted by molar-refractivity contribution is -0.134. The van der Waals surface area contributed by atoms with Crippen LogP contribution in [0.5, 0.6) is 0 Å². The van der Waals surface area contributed by atoms with Gasteiger partial charge in [-0.25, -0.2) is 10.0 Å². The highest BCUT2D eigenvalue weighted by Gasteiger charge is 2.44. The third kappa shape index (κ3) is 1.97. The zero-order valence-corrected chi connectivity index (χ0v) is 12.7. The molecule has 5 heteroatoms. The van der Waals surface area contributed by atoms with Crippen LogP contribution in [0.25, 0.3) is 0 Å². The molecule has 0 bridgehead atoms. The van der Waals surface area contributed by atoms with Crippen LogP contribution in [-0.4, -0.2) is 28.4 Å². The summed E-state index contributed by atoms with van der Waals surface area (Å²) in [6.07, 6.45) is -0.574. The second-order valence-electron chi connectivity index (χ2n) is 5.56. The summed E-state index contributed by atoms with van der Waals surface area (Å²) in [5, 5.41) is 2.95. The normalized spacial score (nSPS) is 19.3. The van der Waals surface area contributed by atoms with E-state index in [0.29, 0.717) is 24.3 Å². The molecule has 4 rings (SSSR count). The van der Waals surface area contributed by atoms with Gasteiger partial charge in [0.2, 0.25) is 0 Å². The molecule has 2 aliphatic rings. The summed E-state index contributed by atoms with van der Waals surface area (Å²) in [6, 6.07) is 14.7. The van der Waals surface area contributed by atoms with Gasteiger partial charge in [0.15, 0.2) is 6.23 Å². The summed E-state index contributed by atoms with van der Waals surface area (Å²) in [4.78, 5) is 25.8. The maximum absolute atomic E-state index is 12.9. The average molecular weight is 308 g/mol. The van der Waals surface area contributed by atoms with Gasteiger partial charge in [-0.15, -0.1) is 0 Å². The Bertz CT molecular complexity index is 802. The van der Waals surface area contributed by atoms with E-state index in [1.807, 2.05) is 43.3 Å². The number of carbonyl (C=O) groups excluding carboxylic acids is 2. The van der Waals surface area contributed by atoms with Crippen LogP contribution in [0.15, 0.2) is 48.5 Å². The Morgan fingerprint density at radius 1 is 1.00 bits per heavy atom. The molecule has 0 aliphatic carbocycles. The van der Waals surface area contributed by atoms with Crippen LogP contribution in [0.1, 0.15) is 45.0 Å². The van der Waals surface area contributed by atoms with Crippen molar-refractivity contribution in [2.75, 3.05) is 6.61 Å². The van der Waals surface area contributed by atoms with Crippen molar-refractivity contribution >= 4 is 11.8 Å². The van der Waals surface area contributed by atoms with Crippen LogP contribution in [0.3, 0.4) is 0 Å². The molecule has 0 saturated carbocycles. The van der Waals surface area contributed by atoms with Gasteiger partial charge in [0.1, 0.15) is 0 Å². The zero-order valence-electron chi connectivity index (χ0n) is 12.7. The van der Waals surface area contributed by atoms with E-state index >= 15 is 0 Å². The van der Waals surface area contributed by atoms with Gasteiger partial charge in [-0.3, -0.25) is 9.59 Å². The zero-order chi connectivity index (χ0) is 16.0. The van der Waals surface area contributed by atoms with E-state index in [0.717, 1.165) is 11.1 Å². The van der Waals surface area contributed by atoms with Crippen LogP contribution in [0, 0.1) is 0 Å². The SMILES string of the molecule is CCOC1c2ccccc2C(=O)N2Cc3ccccc3C(=O)N12. The molecule has 5 nitrogen and oxygen atoms in total. The summed E-state index contributed by atoms with van der Waals surface area (Å²) in [5.41, 5.74) is 2.81. The van der Waals surface area contributed by atoms with Crippen LogP contribution in [0.2, 0.25) is 0 Å². The Balaban J connectivity index is 1.88. The van der Waals surface area contributed by atoms with Crippen LogP contribution < -0.4 is 0 Å². The number of ether oxygens (including phenoxy) is 1. The molecule has 1 atom stereocenters. The summed E-state index contributed by atoms with van der Waals surface area (Å²) in [5.74, 6) is -0.368. The van der Waals surface area contributed by atoms with Gasteiger partial charge < -0.3 is 4.74 Å². The maximum atomic E-state index is 12.9. The highest BCUT2D eigenvalue weighted by molar-refractivity contribution is 6.03. The van der Waals surface area contributed by atoms with Gasteiger partial charge in [0.25, 0.3) is 11.8 Å². The fourth-order valence-corrected chi connectivity index (χ4v) is 3.24. The molecular weight excluding hydrogens is 292 g/mol. The van der Waals surface area contributed by atoms with Crippen LogP contribution in [-0.2, 0) is 11.3 Å². The largest absolute Gasteiger partial charge is 0.352 e. The first-order valence-electron chi connectivity index (χ1n) is 7.66. The molecule has 2 aromatic rings. The highest BCUT2D eigenvalue weighted by atomic mass is 16.5. The third-order valence-corrected chi connectivity index (χ3v) is 4.27. The summed E-state index contributed by atoms with van der Waals surface area (Å²) >= 11 is 0. The van der Waals surface area contributed by atoms with Gasteiger partial charge in [-0.2, -0.15) is 0 Å². The Hall–Kier alpha value is -2.66. The molecule has 2 heterocycles. The van der Waals surface area contributed by atoms with Crippen molar-refractivity contribution in [3.8, 4) is 0 Å². The average Bonchev–Trinajstić information content (AvgIpc) is 2.59. The van der Waals surface area contributed by atoms with E-state index in [1.165, 1.54) is 10.0 Å². The van der Waals surface area contributed by atoms with Crippen molar-refractivity contribution in [2.45, 2.75) is 19.7 Å². The number of nitrogens with zero attached hydrogens (tertiary/aromatic N) is 2. The first-order valence-corrected chi connectivity index (χ1v) is 7.66. The van der Waals surface area contributed by atoms with Gasteiger partial charge in [-0.05, 0) is 24.6 Å². The standard InChI is InChI=1S/C18H16N2O3/c1-2-23-18-15-10-6-5-9-14(15)16(21)19-11-12-7-3-4-8-13(12)17(22)20(18)19/h3-10,18H,2,11H2,1H3. The fraction of sp³-hybridized carbons (Fsp3) is 0.222. The predicted octanol–water partition coefficient (Wildman–Crippen LogP) is 2.75. The third-order valence-electron chi connectivity index (χ3n) is 4.27. The van der Waals surface area contributed by atoms with Crippen molar-refractivity contribution in [1.82, 2.24) is 10.0 Å². The summed E-state index contributed by atoms with van der Waals surface area (Å²) in [6.45, 7) is 2.71. The quantitative estimate of drug-likeness (QED) is 0.857. The molecule has 0 saturated heterocycles. The first-order chi connectivity index (χ1) is 11.2. The van der Waals surface area contributed by atoms with Crippen molar-refractivity contribution in [2.24, 2.45) is 0 Å².